The Morgan fingerprint density at radius 2 is 1.81 bits per heavy atom. The number of hydrogen-bond acceptors (Lipinski definition) is 5. The summed E-state index contributed by atoms with van der Waals surface area (Å²) < 4.78 is 18.1. The van der Waals surface area contributed by atoms with Crippen molar-refractivity contribution in [2.45, 2.75) is 78.0 Å². The minimum atomic E-state index is -0.615. The Bertz CT molecular complexity index is 652. The third-order valence-electron chi connectivity index (χ3n) is 5.61. The summed E-state index contributed by atoms with van der Waals surface area (Å²) in [6.45, 7) is 16.3. The molecule has 1 unspecified atom stereocenters. The van der Waals surface area contributed by atoms with Crippen molar-refractivity contribution in [3.8, 4) is 0 Å². The molecule has 1 fully saturated rings. The average Bonchev–Trinajstić information content (AvgIpc) is 2.92. The molecule has 0 radical (unpaired) electrons. The van der Waals surface area contributed by atoms with Crippen LogP contribution >= 0.6 is 0 Å². The zero-order valence-corrected chi connectivity index (χ0v) is 17.1. The number of aliphatic hydroxyl groups is 1. The summed E-state index contributed by atoms with van der Waals surface area (Å²) in [6.07, 6.45) is -0.615. The third kappa shape index (κ3) is 3.85. The summed E-state index contributed by atoms with van der Waals surface area (Å²) in [6, 6.07) is 6.14. The lowest BCUT2D eigenvalue weighted by molar-refractivity contribution is -0.0453. The van der Waals surface area contributed by atoms with Gasteiger partial charge in [-0.2, -0.15) is 0 Å². The second-order valence-electron chi connectivity index (χ2n) is 9.35. The maximum atomic E-state index is 10.7. The van der Waals surface area contributed by atoms with Crippen molar-refractivity contribution in [2.24, 2.45) is 0 Å². The highest BCUT2D eigenvalue weighted by molar-refractivity contribution is 6.62. The van der Waals surface area contributed by atoms with Crippen LogP contribution in [0.4, 0.5) is 0 Å². The molecule has 2 aliphatic heterocycles. The van der Waals surface area contributed by atoms with Gasteiger partial charge in [-0.15, -0.1) is 0 Å². The number of nitrogens with zero attached hydrogens (tertiary/aromatic N) is 1. The van der Waals surface area contributed by atoms with E-state index in [1.807, 2.05) is 65.5 Å². The van der Waals surface area contributed by atoms with Gasteiger partial charge in [-0.1, -0.05) is 18.2 Å². The fraction of sp³-hybridized carbons (Fsp3) is 0.700. The number of aliphatic hydroxyl groups excluding tert-OH is 1. The first-order valence-corrected chi connectivity index (χ1v) is 9.44. The van der Waals surface area contributed by atoms with Crippen LogP contribution in [0.25, 0.3) is 0 Å². The molecule has 26 heavy (non-hydrogen) atoms. The van der Waals surface area contributed by atoms with Crippen LogP contribution in [0.15, 0.2) is 18.2 Å². The van der Waals surface area contributed by atoms with Gasteiger partial charge in [0.25, 0.3) is 0 Å². The van der Waals surface area contributed by atoms with Gasteiger partial charge in [-0.25, -0.2) is 0 Å². The highest BCUT2D eigenvalue weighted by Gasteiger charge is 2.51. The second kappa shape index (κ2) is 6.60. The Kier molecular flexibility index (Phi) is 5.04. The first kappa shape index (κ1) is 19.8. The summed E-state index contributed by atoms with van der Waals surface area (Å²) in [5, 5.41) is 10.7. The van der Waals surface area contributed by atoms with Crippen molar-refractivity contribution in [3.05, 3.63) is 29.3 Å². The van der Waals surface area contributed by atoms with Gasteiger partial charge >= 0.3 is 7.12 Å². The fourth-order valence-electron chi connectivity index (χ4n) is 3.30. The molecule has 3 rings (SSSR count). The van der Waals surface area contributed by atoms with E-state index in [9.17, 15) is 5.11 Å². The molecular weight excluding hydrogens is 329 g/mol. The molecular formula is C20H32BNO4. The van der Waals surface area contributed by atoms with E-state index in [1.54, 1.807) is 0 Å². The molecule has 1 saturated heterocycles. The summed E-state index contributed by atoms with van der Waals surface area (Å²) in [5.74, 6) is 0. The van der Waals surface area contributed by atoms with Crippen molar-refractivity contribution in [1.82, 2.24) is 4.90 Å². The lowest BCUT2D eigenvalue weighted by Gasteiger charge is -2.32. The van der Waals surface area contributed by atoms with Crippen molar-refractivity contribution < 1.29 is 19.2 Å². The Morgan fingerprint density at radius 3 is 2.38 bits per heavy atom. The van der Waals surface area contributed by atoms with E-state index in [0.717, 1.165) is 23.1 Å². The highest BCUT2D eigenvalue weighted by atomic mass is 16.7. The summed E-state index contributed by atoms with van der Waals surface area (Å²) >= 11 is 0. The normalized spacial score (nSPS) is 24.9. The molecule has 0 amide bonds. The van der Waals surface area contributed by atoms with Crippen molar-refractivity contribution in [1.29, 1.82) is 0 Å². The number of hydrogen-bond donors (Lipinski definition) is 1. The summed E-state index contributed by atoms with van der Waals surface area (Å²) in [5.41, 5.74) is 2.13. The summed E-state index contributed by atoms with van der Waals surface area (Å²) in [7, 11) is -0.407. The van der Waals surface area contributed by atoms with E-state index in [4.69, 9.17) is 14.0 Å². The topological polar surface area (TPSA) is 51.2 Å². The number of benzene rings is 1. The molecule has 0 spiro atoms. The van der Waals surface area contributed by atoms with E-state index in [-0.39, 0.29) is 16.8 Å². The molecule has 1 N–H and O–H groups in total. The van der Waals surface area contributed by atoms with Crippen LogP contribution < -0.4 is 5.46 Å². The molecule has 5 nitrogen and oxygen atoms in total. The zero-order valence-electron chi connectivity index (χ0n) is 17.1. The van der Waals surface area contributed by atoms with Crippen molar-refractivity contribution in [3.63, 3.8) is 0 Å². The Balaban J connectivity index is 1.70. The molecule has 0 aromatic heterocycles. The molecule has 0 saturated carbocycles. The second-order valence-corrected chi connectivity index (χ2v) is 9.35. The molecule has 0 aliphatic carbocycles. The van der Waals surface area contributed by atoms with Crippen LogP contribution in [-0.4, -0.2) is 47.1 Å². The molecule has 144 valence electrons. The first-order chi connectivity index (χ1) is 11.9. The smallest absolute Gasteiger partial charge is 0.399 e. The lowest BCUT2D eigenvalue weighted by Crippen LogP contribution is -2.41. The van der Waals surface area contributed by atoms with Gasteiger partial charge in [-0.05, 0) is 65.1 Å². The van der Waals surface area contributed by atoms with Gasteiger partial charge in [0.05, 0.1) is 23.4 Å². The maximum Gasteiger partial charge on any atom is 0.494 e. The molecule has 6 heteroatoms. The van der Waals surface area contributed by atoms with Crippen LogP contribution in [0.3, 0.4) is 0 Å². The van der Waals surface area contributed by atoms with Crippen molar-refractivity contribution >= 4 is 12.6 Å². The van der Waals surface area contributed by atoms with E-state index in [2.05, 4.69) is 6.07 Å². The SMILES string of the molecule is CC(C)(C)OCCN1Cc2ccc(B3OC(C)(C)C(C)(C)O3)cc2C1O. The number of ether oxygens (including phenoxy) is 1. The lowest BCUT2D eigenvalue weighted by atomic mass is 9.78. The van der Waals surface area contributed by atoms with Crippen LogP contribution in [0, 0.1) is 0 Å². The average molecular weight is 361 g/mol. The monoisotopic (exact) mass is 361 g/mol. The number of rotatable bonds is 4. The minimum absolute atomic E-state index is 0.165. The van der Waals surface area contributed by atoms with Crippen LogP contribution in [0.2, 0.25) is 0 Å². The molecule has 2 heterocycles. The minimum Gasteiger partial charge on any atom is -0.399 e. The van der Waals surface area contributed by atoms with Gasteiger partial charge in [0, 0.05) is 13.1 Å². The molecule has 2 aliphatic rings. The predicted octanol–water partition coefficient (Wildman–Crippen LogP) is 2.61. The predicted molar refractivity (Wildman–Crippen MR) is 103 cm³/mol. The fourth-order valence-corrected chi connectivity index (χ4v) is 3.30. The van der Waals surface area contributed by atoms with Crippen LogP contribution in [0.1, 0.15) is 65.8 Å². The number of fused-ring (bicyclic) bond motifs is 1. The Labute approximate surface area is 157 Å². The van der Waals surface area contributed by atoms with Crippen molar-refractivity contribution in [2.75, 3.05) is 13.2 Å². The maximum absolute atomic E-state index is 10.7. The van der Waals surface area contributed by atoms with Gasteiger partial charge in [0.1, 0.15) is 6.23 Å². The standard InChI is InChI=1S/C20H32BNO4/c1-18(2,3)24-11-10-22-13-14-8-9-15(12-16(14)17(22)23)21-25-19(4,5)20(6,7)26-21/h8-9,12,17,23H,10-11,13H2,1-7H3. The van der Waals surface area contributed by atoms with Crippen LogP contribution in [0.5, 0.6) is 0 Å². The largest absolute Gasteiger partial charge is 0.494 e. The quantitative estimate of drug-likeness (QED) is 0.836. The molecule has 1 aromatic carbocycles. The Hall–Kier alpha value is -0.915. The van der Waals surface area contributed by atoms with E-state index in [1.165, 1.54) is 0 Å². The zero-order chi connectivity index (χ0) is 19.3. The third-order valence-corrected chi connectivity index (χ3v) is 5.61. The highest BCUT2D eigenvalue weighted by Crippen LogP contribution is 2.37. The molecule has 0 bridgehead atoms. The first-order valence-electron chi connectivity index (χ1n) is 9.44. The van der Waals surface area contributed by atoms with Gasteiger partial charge < -0.3 is 19.2 Å². The molecule has 1 atom stereocenters. The van der Waals surface area contributed by atoms with E-state index >= 15 is 0 Å². The van der Waals surface area contributed by atoms with E-state index in [0.29, 0.717) is 13.2 Å². The van der Waals surface area contributed by atoms with Gasteiger partial charge in [0.2, 0.25) is 0 Å². The Morgan fingerprint density at radius 1 is 1.19 bits per heavy atom. The van der Waals surface area contributed by atoms with Crippen LogP contribution in [-0.2, 0) is 20.6 Å². The van der Waals surface area contributed by atoms with E-state index < -0.39 is 13.3 Å². The van der Waals surface area contributed by atoms with Gasteiger partial charge in [-0.3, -0.25) is 4.90 Å². The summed E-state index contributed by atoms with van der Waals surface area (Å²) in [4.78, 5) is 2.03. The van der Waals surface area contributed by atoms with Gasteiger partial charge in [0.15, 0.2) is 0 Å². The molecule has 1 aromatic rings.